The second kappa shape index (κ2) is 31.6. The number of halogens is 9. The molecule has 2 aromatic carbocycles. The average molecular weight is 1470 g/mol. The van der Waals surface area contributed by atoms with Crippen LogP contribution in [0.1, 0.15) is 104 Å². The molecule has 0 radical (unpaired) electrons. The summed E-state index contributed by atoms with van der Waals surface area (Å²) in [6.07, 6.45) is -0.909. The highest BCUT2D eigenvalue weighted by molar-refractivity contribution is 8.07. The van der Waals surface area contributed by atoms with Crippen molar-refractivity contribution in [2.45, 2.75) is 122 Å². The van der Waals surface area contributed by atoms with Crippen LogP contribution in [0.2, 0.25) is 0 Å². The highest BCUT2D eigenvalue weighted by atomic mass is 35.5. The Morgan fingerprint density at radius 2 is 1.08 bits per heavy atom. The number of Topliss-reactive ketones (excluding diaryl/α,β-unsaturated/α-hetero) is 2. The number of benzene rings is 2. The third-order valence-corrected chi connectivity index (χ3v) is 15.7. The molecule has 37 heteroatoms. The number of carboxylic acids is 1. The zero-order valence-corrected chi connectivity index (χ0v) is 55.2. The summed E-state index contributed by atoms with van der Waals surface area (Å²) in [5.41, 5.74) is 8.34. The van der Waals surface area contributed by atoms with Crippen molar-refractivity contribution in [2.75, 3.05) is 23.7 Å². The van der Waals surface area contributed by atoms with Gasteiger partial charge in [0.25, 0.3) is 0 Å². The van der Waals surface area contributed by atoms with E-state index in [1.54, 1.807) is 45.7 Å². The van der Waals surface area contributed by atoms with Gasteiger partial charge in [-0.1, -0.05) is 31.7 Å². The van der Waals surface area contributed by atoms with Crippen molar-refractivity contribution in [3.8, 4) is 34.0 Å². The standard InChI is InChI=1S/C31H26F4N8O4.C20H17N5O3.C11H11F4N3O2.CH4.ClH.S2.H2S/c1-16(44)29-21-9-18(19-12-36-26-11-22(17-5-6-17)39-43(26)13-19)7-8-23(21)42(40-29)15-28(45)41-14-20(32)10-24(41)30(46)38-25-3-2-4-27(37-25)47-31(33,34)35;1-11(26)20-15-6-13(4-5-17(15)24(23-20)10-19(27)28)14-8-21-18-7-16(12-2-3-12)22-25(18)9-14;12-6-4-7(16-5-6)10(19)18-8-2-1-3-9(17-8)20-11(13,14)15;;;1-2;/h2-4,7-9,11-13,17,20,24H,5-6,10,14-15H2,1H3,(H,37,38,46);4-9,12H,2-3,10H2,1H3,(H,27,28);1-3,6-7,16H,4-5H2,(H,17,18,19);1H4;1H;;1H2/t20-,24+;;6-,7+;;;;/m1.1..../s1. The number of hydrogen-bond acceptors (Lipinski definition) is 19. The number of anilines is 2. The van der Waals surface area contributed by atoms with Crippen molar-refractivity contribution >= 4 is 128 Å². The van der Waals surface area contributed by atoms with Crippen LogP contribution in [0.4, 0.5) is 46.8 Å². The fourth-order valence-electron chi connectivity index (χ4n) is 11.0. The summed E-state index contributed by atoms with van der Waals surface area (Å²) >= 11 is 7.33. The summed E-state index contributed by atoms with van der Waals surface area (Å²) in [6, 6.07) is 19.8. The Morgan fingerprint density at radius 3 is 1.50 bits per heavy atom. The van der Waals surface area contributed by atoms with Gasteiger partial charge in [0.2, 0.25) is 29.5 Å². The number of likely N-dealkylation sites (tertiary alicyclic amines) is 1. The Morgan fingerprint density at radius 1 is 0.620 bits per heavy atom. The smallest absolute Gasteiger partial charge is 0.480 e. The molecule has 2 aliphatic heterocycles. The Hall–Kier alpha value is -9.78. The van der Waals surface area contributed by atoms with Gasteiger partial charge in [0.15, 0.2) is 22.9 Å². The number of nitrogens with one attached hydrogen (secondary N) is 3. The molecule has 0 spiro atoms. The van der Waals surface area contributed by atoms with E-state index >= 15 is 0 Å². The first kappa shape index (κ1) is 76.0. The number of ketones is 2. The van der Waals surface area contributed by atoms with Crippen molar-refractivity contribution in [1.82, 2.24) is 68.9 Å². The van der Waals surface area contributed by atoms with Crippen molar-refractivity contribution in [3.63, 3.8) is 0 Å². The SMILES string of the molecule is C.CC(=O)c1nn(CC(=O)N2C[C@H](F)C[C@H]2C(=O)Nc2cccc(OC(F)(F)F)n2)c2ccc(-c3cnc4cc(C5CC5)nn4c3)cc12.CC(=O)c1nn(CC(=O)O)c2ccc(-c3cnc4cc(C5CC5)nn4c3)cc12.Cl.O=C(Nc1cccc(OC(F)(F)F)n1)[C@@H]1C[C@@H](F)CN1.S.S=S. The quantitative estimate of drug-likeness (QED) is 0.0516. The van der Waals surface area contributed by atoms with Crippen molar-refractivity contribution in [2.24, 2.45) is 0 Å². The Kier molecular flexibility index (Phi) is 24.0. The molecule has 8 aromatic heterocycles. The number of nitrogens with zero attached hydrogens (tertiary/aromatic N) is 13. The molecule has 4 N–H and O–H groups in total. The van der Waals surface area contributed by atoms with Crippen LogP contribution in [0.3, 0.4) is 0 Å². The zero-order chi connectivity index (χ0) is 69.2. The number of pyridine rings is 2. The Labute approximate surface area is 584 Å². The average Bonchev–Trinajstić information content (AvgIpc) is 1.61. The lowest BCUT2D eigenvalue weighted by Crippen LogP contribution is -2.44. The first-order chi connectivity index (χ1) is 46.2. The normalized spacial score (nSPS) is 17.0. The predicted octanol–water partition coefficient (Wildman–Crippen LogP) is 10.4. The molecular formula is C63H61ClF8N16O9S3. The van der Waals surface area contributed by atoms with E-state index in [2.05, 4.69) is 88.1 Å². The number of hydrogen-bond donors (Lipinski definition) is 4. The monoisotopic (exact) mass is 1470 g/mol. The zero-order valence-electron chi connectivity index (χ0n) is 51.7. The topological polar surface area (TPSA) is 302 Å². The maximum atomic E-state index is 14.6. The van der Waals surface area contributed by atoms with E-state index in [0.717, 1.165) is 74.8 Å². The van der Waals surface area contributed by atoms with Crippen LogP contribution in [-0.4, -0.2) is 154 Å². The summed E-state index contributed by atoms with van der Waals surface area (Å²) in [5, 5.41) is 35.4. The van der Waals surface area contributed by atoms with E-state index in [1.165, 1.54) is 60.3 Å². The molecular weight excluding hydrogens is 1410 g/mol. The third-order valence-electron chi connectivity index (χ3n) is 15.7. The van der Waals surface area contributed by atoms with Crippen molar-refractivity contribution in [1.29, 1.82) is 0 Å². The lowest BCUT2D eigenvalue weighted by molar-refractivity contribution is -0.277. The molecule has 528 valence electrons. The molecule has 3 amide bonds. The second-order valence-corrected chi connectivity index (χ2v) is 22.9. The molecule has 4 atom stereocenters. The van der Waals surface area contributed by atoms with E-state index in [1.807, 2.05) is 36.7 Å². The highest BCUT2D eigenvalue weighted by Gasteiger charge is 2.41. The number of fused-ring (bicyclic) bond motifs is 4. The van der Waals surface area contributed by atoms with E-state index in [9.17, 15) is 63.9 Å². The highest BCUT2D eigenvalue weighted by Crippen LogP contribution is 2.41. The molecule has 10 heterocycles. The molecule has 100 heavy (non-hydrogen) atoms. The van der Waals surface area contributed by atoms with Crippen LogP contribution in [-0.2, 0) is 54.6 Å². The van der Waals surface area contributed by atoms with Gasteiger partial charge >= 0.3 is 18.7 Å². The summed E-state index contributed by atoms with van der Waals surface area (Å²) < 4.78 is 115. The van der Waals surface area contributed by atoms with Gasteiger partial charge < -0.3 is 35.4 Å². The van der Waals surface area contributed by atoms with Crippen molar-refractivity contribution < 1.29 is 78.5 Å². The number of carboxylic acid groups (broad SMARTS) is 1. The molecule has 0 bridgehead atoms. The minimum atomic E-state index is -4.99. The minimum Gasteiger partial charge on any atom is -0.480 e. The molecule has 10 aromatic rings. The maximum absolute atomic E-state index is 14.6. The van der Waals surface area contributed by atoms with Crippen LogP contribution < -0.4 is 25.4 Å². The molecule has 2 aliphatic carbocycles. The minimum absolute atomic E-state index is 0. The van der Waals surface area contributed by atoms with E-state index in [-0.39, 0.29) is 100 Å². The summed E-state index contributed by atoms with van der Waals surface area (Å²) in [5.74, 6) is -4.40. The number of aliphatic carboxylic acids is 1. The van der Waals surface area contributed by atoms with Crippen LogP contribution in [0.5, 0.6) is 11.8 Å². The van der Waals surface area contributed by atoms with Gasteiger partial charge in [-0.05, 0) is 73.2 Å². The Bertz CT molecular complexity index is 4700. The predicted molar refractivity (Wildman–Crippen MR) is 360 cm³/mol. The van der Waals surface area contributed by atoms with Gasteiger partial charge in [-0.2, -0.15) is 43.9 Å². The van der Waals surface area contributed by atoms with Gasteiger partial charge in [-0.3, -0.25) is 38.1 Å². The first-order valence-corrected chi connectivity index (χ1v) is 31.1. The first-order valence-electron chi connectivity index (χ1n) is 29.8. The number of rotatable bonds is 16. The van der Waals surface area contributed by atoms with Crippen LogP contribution in [0.25, 0.3) is 55.4 Å². The number of ether oxygens (including phenoxy) is 2. The number of carbonyl (C=O) groups excluding carboxylic acids is 5. The number of alkyl halides is 8. The maximum Gasteiger partial charge on any atom is 0.574 e. The van der Waals surface area contributed by atoms with Crippen LogP contribution >= 0.6 is 25.9 Å². The lowest BCUT2D eigenvalue weighted by Gasteiger charge is -2.23. The van der Waals surface area contributed by atoms with Gasteiger partial charge in [0, 0.05) is 138 Å². The van der Waals surface area contributed by atoms with Gasteiger partial charge in [-0.25, -0.2) is 27.8 Å². The van der Waals surface area contributed by atoms with Gasteiger partial charge in [0.05, 0.1) is 35.0 Å². The van der Waals surface area contributed by atoms with E-state index in [0.29, 0.717) is 33.6 Å². The number of carbonyl (C=O) groups is 6. The second-order valence-electron chi connectivity index (χ2n) is 22.9. The molecule has 4 fully saturated rings. The molecule has 0 unspecified atom stereocenters. The number of aromatic nitrogens is 12. The fraction of sp³-hybridized carbons (Fsp3) is 0.333. The lowest BCUT2D eigenvalue weighted by atomic mass is 10.0. The van der Waals surface area contributed by atoms with E-state index < -0.39 is 79.1 Å². The molecule has 4 aliphatic rings. The van der Waals surface area contributed by atoms with Gasteiger partial charge in [-0.15, -0.1) is 38.7 Å². The molecule has 2 saturated carbocycles. The van der Waals surface area contributed by atoms with Crippen molar-refractivity contribution in [3.05, 3.63) is 132 Å². The number of amides is 3. The largest absolute Gasteiger partial charge is 0.574 e. The molecule has 14 rings (SSSR count). The van der Waals surface area contributed by atoms with E-state index in [4.69, 9.17) is 5.11 Å². The Balaban J connectivity index is 0.000000204. The van der Waals surface area contributed by atoms with Crippen LogP contribution in [0.15, 0.2) is 110 Å². The van der Waals surface area contributed by atoms with Gasteiger partial charge in [0.1, 0.15) is 54.5 Å². The van der Waals surface area contributed by atoms with Crippen LogP contribution in [0, 0.1) is 0 Å². The summed E-state index contributed by atoms with van der Waals surface area (Å²) in [7, 11) is 0. The summed E-state index contributed by atoms with van der Waals surface area (Å²) in [4.78, 5) is 91.1. The third kappa shape index (κ3) is 18.4. The molecule has 25 nitrogen and oxygen atoms in total. The summed E-state index contributed by atoms with van der Waals surface area (Å²) in [6.45, 7) is 1.77. The fourth-order valence-corrected chi connectivity index (χ4v) is 11.0. The molecule has 2 saturated heterocycles.